The third kappa shape index (κ3) is 5.33. The third-order valence-electron chi connectivity index (χ3n) is 8.77. The average molecular weight is 596 g/mol. The van der Waals surface area contributed by atoms with Gasteiger partial charge in [-0.15, -0.1) is 0 Å². The normalized spacial score (nSPS) is 15.1. The van der Waals surface area contributed by atoms with E-state index in [0.717, 1.165) is 48.6 Å². The Morgan fingerprint density at radius 3 is 2.50 bits per heavy atom. The molecule has 228 valence electrons. The minimum atomic E-state index is -1.10. The topological polar surface area (TPSA) is 108 Å². The predicted molar refractivity (Wildman–Crippen MR) is 169 cm³/mol. The van der Waals surface area contributed by atoms with Gasteiger partial charge in [0.25, 0.3) is 0 Å². The summed E-state index contributed by atoms with van der Waals surface area (Å²) in [5, 5.41) is 24.1. The van der Waals surface area contributed by atoms with Gasteiger partial charge in [-0.3, -0.25) is 9.88 Å². The highest BCUT2D eigenvalue weighted by molar-refractivity contribution is 6.16. The largest absolute Gasteiger partial charge is 0.507 e. The molecule has 1 aliphatic rings. The molecule has 3 heterocycles. The van der Waals surface area contributed by atoms with Crippen molar-refractivity contribution in [3.63, 3.8) is 0 Å². The Kier molecular flexibility index (Phi) is 8.16. The average Bonchev–Trinajstić information content (AvgIpc) is 3.38. The standard InChI is InChI=1S/C35H37N3O6/c1-21-23(6-5-7-28(21)42-4)12-19-43-25-8-9-26-27(20-25)33(39)31(30-29(35(40)41)22(2)44-34(26)30)32(24-10-13-36-14-11-24)38-17-15-37(3)16-18-38/h5-11,13-14,20,32,39H,12,15-19H2,1-4H3,(H,40,41). The van der Waals surface area contributed by atoms with E-state index in [1.54, 1.807) is 26.4 Å². The highest BCUT2D eigenvalue weighted by Crippen LogP contribution is 2.48. The van der Waals surface area contributed by atoms with E-state index in [1.165, 1.54) is 0 Å². The molecule has 0 aliphatic carbocycles. The minimum Gasteiger partial charge on any atom is -0.507 e. The Hall–Kier alpha value is -4.60. The first-order chi connectivity index (χ1) is 21.3. The number of hydrogen-bond donors (Lipinski definition) is 2. The van der Waals surface area contributed by atoms with Crippen LogP contribution in [0.1, 0.15) is 44.4 Å². The number of nitrogens with zero attached hydrogens (tertiary/aromatic N) is 3. The number of ether oxygens (including phenoxy) is 2. The zero-order valence-corrected chi connectivity index (χ0v) is 25.5. The first-order valence-electron chi connectivity index (χ1n) is 14.8. The van der Waals surface area contributed by atoms with Gasteiger partial charge in [0.15, 0.2) is 0 Å². The number of piperazine rings is 1. The van der Waals surface area contributed by atoms with E-state index in [9.17, 15) is 15.0 Å². The maximum Gasteiger partial charge on any atom is 0.339 e. The lowest BCUT2D eigenvalue weighted by Gasteiger charge is -2.39. The second-order valence-electron chi connectivity index (χ2n) is 11.4. The lowest BCUT2D eigenvalue weighted by atomic mass is 9.89. The Morgan fingerprint density at radius 2 is 1.80 bits per heavy atom. The summed E-state index contributed by atoms with van der Waals surface area (Å²) in [7, 11) is 3.75. The molecule has 1 aliphatic heterocycles. The number of aromatic carboxylic acids is 1. The van der Waals surface area contributed by atoms with Gasteiger partial charge in [-0.1, -0.05) is 12.1 Å². The van der Waals surface area contributed by atoms with E-state index < -0.39 is 12.0 Å². The maximum absolute atomic E-state index is 12.6. The fraction of sp³-hybridized carbons (Fsp3) is 0.314. The lowest BCUT2D eigenvalue weighted by molar-refractivity contribution is 0.0696. The number of carbonyl (C=O) groups is 1. The summed E-state index contributed by atoms with van der Waals surface area (Å²) in [6, 6.07) is 14.9. The minimum absolute atomic E-state index is 0.0191. The number of furan rings is 1. The zero-order valence-electron chi connectivity index (χ0n) is 25.5. The van der Waals surface area contributed by atoms with Crippen LogP contribution in [0.2, 0.25) is 0 Å². The van der Waals surface area contributed by atoms with Crippen molar-refractivity contribution >= 4 is 27.7 Å². The van der Waals surface area contributed by atoms with E-state index in [-0.39, 0.29) is 11.3 Å². The van der Waals surface area contributed by atoms with Gasteiger partial charge in [0.1, 0.15) is 34.2 Å². The van der Waals surface area contributed by atoms with E-state index >= 15 is 0 Å². The number of carboxylic acids is 1. The summed E-state index contributed by atoms with van der Waals surface area (Å²) in [5.74, 6) is 0.654. The molecule has 9 heteroatoms. The number of phenolic OH excluding ortho intramolecular Hbond substituents is 1. The Labute approximate surface area is 256 Å². The first kappa shape index (κ1) is 29.5. The number of methoxy groups -OCH3 is 1. The van der Waals surface area contributed by atoms with Gasteiger partial charge in [-0.05, 0) is 74.0 Å². The fourth-order valence-electron chi connectivity index (χ4n) is 6.40. The smallest absolute Gasteiger partial charge is 0.339 e. The number of pyridine rings is 1. The molecular formula is C35H37N3O6. The van der Waals surface area contributed by atoms with Crippen LogP contribution in [-0.2, 0) is 6.42 Å². The Morgan fingerprint density at radius 1 is 1.05 bits per heavy atom. The third-order valence-corrected chi connectivity index (χ3v) is 8.77. The fourth-order valence-corrected chi connectivity index (χ4v) is 6.40. The van der Waals surface area contributed by atoms with Gasteiger partial charge in [0.2, 0.25) is 0 Å². The highest BCUT2D eigenvalue weighted by Gasteiger charge is 2.34. The molecule has 1 fully saturated rings. The number of benzene rings is 3. The van der Waals surface area contributed by atoms with E-state index in [2.05, 4.69) is 27.9 Å². The molecule has 0 radical (unpaired) electrons. The van der Waals surface area contributed by atoms with Crippen LogP contribution >= 0.6 is 0 Å². The molecule has 1 unspecified atom stereocenters. The molecule has 44 heavy (non-hydrogen) atoms. The molecular weight excluding hydrogens is 558 g/mol. The summed E-state index contributed by atoms with van der Waals surface area (Å²) >= 11 is 0. The Balaban J connectivity index is 1.48. The van der Waals surface area contributed by atoms with Crippen molar-refractivity contribution in [1.29, 1.82) is 0 Å². The van der Waals surface area contributed by atoms with Crippen LogP contribution in [0.3, 0.4) is 0 Å². The first-order valence-corrected chi connectivity index (χ1v) is 14.8. The number of aryl methyl sites for hydroxylation is 1. The van der Waals surface area contributed by atoms with Crippen molar-refractivity contribution < 1.29 is 28.9 Å². The molecule has 2 N–H and O–H groups in total. The summed E-state index contributed by atoms with van der Waals surface area (Å²) in [6.45, 7) is 7.30. The van der Waals surface area contributed by atoms with Crippen LogP contribution in [0.25, 0.3) is 21.7 Å². The van der Waals surface area contributed by atoms with Gasteiger partial charge >= 0.3 is 5.97 Å². The number of aromatic hydroxyl groups is 1. The van der Waals surface area contributed by atoms with Crippen molar-refractivity contribution in [3.05, 3.63) is 94.5 Å². The van der Waals surface area contributed by atoms with Gasteiger partial charge in [0.05, 0.1) is 19.8 Å². The van der Waals surface area contributed by atoms with Crippen molar-refractivity contribution in [2.75, 3.05) is 46.9 Å². The van der Waals surface area contributed by atoms with Gasteiger partial charge < -0.3 is 29.0 Å². The molecule has 5 aromatic rings. The van der Waals surface area contributed by atoms with Crippen molar-refractivity contribution in [2.24, 2.45) is 0 Å². The number of fused-ring (bicyclic) bond motifs is 3. The summed E-state index contributed by atoms with van der Waals surface area (Å²) in [4.78, 5) is 21.4. The number of rotatable bonds is 9. The van der Waals surface area contributed by atoms with Gasteiger partial charge in [-0.25, -0.2) is 4.79 Å². The van der Waals surface area contributed by atoms with Crippen LogP contribution < -0.4 is 9.47 Å². The van der Waals surface area contributed by atoms with Crippen LogP contribution in [0.5, 0.6) is 17.2 Å². The maximum atomic E-state index is 12.6. The number of hydrogen-bond acceptors (Lipinski definition) is 8. The summed E-state index contributed by atoms with van der Waals surface area (Å²) < 4.78 is 17.8. The SMILES string of the molecule is COc1cccc(CCOc2ccc3c(c2)c(O)c(C(c2ccncc2)N2CCN(C)CC2)c2c(C(=O)O)c(C)oc23)c1C. The molecule has 2 aromatic heterocycles. The van der Waals surface area contributed by atoms with Crippen LogP contribution in [0.15, 0.2) is 65.3 Å². The van der Waals surface area contributed by atoms with Crippen LogP contribution in [-0.4, -0.2) is 77.9 Å². The number of phenols is 1. The van der Waals surface area contributed by atoms with Crippen LogP contribution in [0.4, 0.5) is 0 Å². The van der Waals surface area contributed by atoms with Gasteiger partial charge in [0, 0.05) is 66.7 Å². The second kappa shape index (κ2) is 12.2. The monoisotopic (exact) mass is 595 g/mol. The van der Waals surface area contributed by atoms with Crippen molar-refractivity contribution in [1.82, 2.24) is 14.8 Å². The highest BCUT2D eigenvalue weighted by atomic mass is 16.5. The predicted octanol–water partition coefficient (Wildman–Crippen LogP) is 5.97. The molecule has 6 rings (SSSR count). The summed E-state index contributed by atoms with van der Waals surface area (Å²) in [6.07, 6.45) is 4.13. The zero-order chi connectivity index (χ0) is 31.0. The van der Waals surface area contributed by atoms with Crippen LogP contribution in [0, 0.1) is 13.8 Å². The van der Waals surface area contributed by atoms with Gasteiger partial charge in [-0.2, -0.15) is 0 Å². The molecule has 0 spiro atoms. The lowest BCUT2D eigenvalue weighted by Crippen LogP contribution is -2.46. The molecule has 1 atom stereocenters. The van der Waals surface area contributed by atoms with E-state index in [1.807, 2.05) is 49.4 Å². The molecule has 1 saturated heterocycles. The number of aromatic nitrogens is 1. The molecule has 9 nitrogen and oxygen atoms in total. The van der Waals surface area contributed by atoms with Crippen molar-refractivity contribution in [3.8, 4) is 17.2 Å². The molecule has 3 aromatic carbocycles. The number of likely N-dealkylation sites (N-methyl/N-ethyl adjacent to an activating group) is 1. The van der Waals surface area contributed by atoms with E-state index in [0.29, 0.717) is 51.8 Å². The summed E-state index contributed by atoms with van der Waals surface area (Å²) in [5.41, 5.74) is 4.15. The van der Waals surface area contributed by atoms with E-state index in [4.69, 9.17) is 13.9 Å². The molecule has 0 bridgehead atoms. The number of carboxylic acid groups (broad SMARTS) is 1. The second-order valence-corrected chi connectivity index (χ2v) is 11.4. The Bertz CT molecular complexity index is 1830. The van der Waals surface area contributed by atoms with Crippen molar-refractivity contribution in [2.45, 2.75) is 26.3 Å². The molecule has 0 saturated carbocycles. The quantitative estimate of drug-likeness (QED) is 0.213. The molecule has 0 amide bonds.